The Morgan fingerprint density at radius 2 is 1.87 bits per heavy atom. The van der Waals surface area contributed by atoms with E-state index in [9.17, 15) is 4.79 Å². The molecule has 4 heteroatoms. The fourth-order valence-electron chi connectivity index (χ4n) is 2.19. The van der Waals surface area contributed by atoms with Gasteiger partial charge < -0.3 is 15.4 Å². The smallest absolute Gasteiger partial charge is 0.236 e. The maximum absolute atomic E-state index is 11.3. The molecule has 88 valence electrons. The van der Waals surface area contributed by atoms with Gasteiger partial charge in [-0.15, -0.1) is 0 Å². The third-order valence-electron chi connectivity index (χ3n) is 2.82. The summed E-state index contributed by atoms with van der Waals surface area (Å²) in [4.78, 5) is 11.3. The van der Waals surface area contributed by atoms with E-state index >= 15 is 0 Å². The number of ether oxygens (including phenoxy) is 1. The highest BCUT2D eigenvalue weighted by Crippen LogP contribution is 2.19. The van der Waals surface area contributed by atoms with E-state index in [4.69, 9.17) is 4.74 Å². The molecule has 1 fully saturated rings. The van der Waals surface area contributed by atoms with Crippen LogP contribution in [0, 0.1) is 0 Å². The van der Waals surface area contributed by atoms with Crippen LogP contribution < -0.4 is 10.6 Å². The molecule has 0 aromatic heterocycles. The normalized spacial score (nSPS) is 33.5. The maximum atomic E-state index is 11.3. The molecule has 1 rings (SSSR count). The molecular weight excluding hydrogens is 192 g/mol. The Bertz CT molecular complexity index is 211. The van der Waals surface area contributed by atoms with Gasteiger partial charge in [-0.25, -0.2) is 0 Å². The van der Waals surface area contributed by atoms with Gasteiger partial charge in [-0.1, -0.05) is 0 Å². The molecule has 0 radical (unpaired) electrons. The molecule has 2 unspecified atom stereocenters. The van der Waals surface area contributed by atoms with Crippen LogP contribution in [0.5, 0.6) is 0 Å². The summed E-state index contributed by atoms with van der Waals surface area (Å²) in [6, 6.07) is 0.258. The zero-order valence-corrected chi connectivity index (χ0v) is 10.0. The van der Waals surface area contributed by atoms with E-state index in [-0.39, 0.29) is 24.2 Å². The third kappa shape index (κ3) is 3.80. The molecule has 0 aromatic rings. The second-order valence-corrected chi connectivity index (χ2v) is 4.43. The maximum Gasteiger partial charge on any atom is 0.236 e. The van der Waals surface area contributed by atoms with Crippen molar-refractivity contribution in [3.05, 3.63) is 0 Å². The largest absolute Gasteiger partial charge is 0.375 e. The Morgan fingerprint density at radius 1 is 1.33 bits per heavy atom. The van der Waals surface area contributed by atoms with Crippen LogP contribution in [0.2, 0.25) is 0 Å². The number of hydrogen-bond donors (Lipinski definition) is 2. The van der Waals surface area contributed by atoms with Crippen molar-refractivity contribution in [2.45, 2.75) is 57.9 Å². The fourth-order valence-corrected chi connectivity index (χ4v) is 2.19. The van der Waals surface area contributed by atoms with E-state index in [2.05, 4.69) is 24.5 Å². The number of nitrogens with one attached hydrogen (secondary N) is 2. The van der Waals surface area contributed by atoms with Crippen molar-refractivity contribution in [2.24, 2.45) is 0 Å². The van der Waals surface area contributed by atoms with Gasteiger partial charge in [-0.05, 0) is 33.6 Å². The van der Waals surface area contributed by atoms with Gasteiger partial charge in [-0.2, -0.15) is 0 Å². The summed E-state index contributed by atoms with van der Waals surface area (Å²) in [6.45, 7) is 6.05. The van der Waals surface area contributed by atoms with Gasteiger partial charge in [0.2, 0.25) is 5.91 Å². The Hall–Kier alpha value is -0.610. The molecule has 1 heterocycles. The zero-order chi connectivity index (χ0) is 11.4. The number of rotatable bonds is 3. The minimum atomic E-state index is -0.127. The van der Waals surface area contributed by atoms with Gasteiger partial charge >= 0.3 is 0 Å². The molecule has 4 nitrogen and oxygen atoms in total. The van der Waals surface area contributed by atoms with Crippen LogP contribution in [0.15, 0.2) is 0 Å². The predicted octanol–water partition coefficient (Wildman–Crippen LogP) is 0.666. The third-order valence-corrected chi connectivity index (χ3v) is 2.82. The first-order valence-electron chi connectivity index (χ1n) is 5.66. The minimum Gasteiger partial charge on any atom is -0.375 e. The molecule has 1 aliphatic heterocycles. The first kappa shape index (κ1) is 12.5. The van der Waals surface area contributed by atoms with Gasteiger partial charge in [0.1, 0.15) is 0 Å². The van der Waals surface area contributed by atoms with E-state index in [1.165, 1.54) is 0 Å². The quantitative estimate of drug-likeness (QED) is 0.726. The lowest BCUT2D eigenvalue weighted by Crippen LogP contribution is -2.49. The Labute approximate surface area is 91.8 Å². The summed E-state index contributed by atoms with van der Waals surface area (Å²) in [5.74, 6) is 0.0433. The van der Waals surface area contributed by atoms with E-state index < -0.39 is 0 Å². The topological polar surface area (TPSA) is 50.4 Å². The summed E-state index contributed by atoms with van der Waals surface area (Å²) < 4.78 is 5.64. The first-order valence-corrected chi connectivity index (χ1v) is 5.66. The van der Waals surface area contributed by atoms with Crippen LogP contribution in [0.25, 0.3) is 0 Å². The number of hydrogen-bond acceptors (Lipinski definition) is 3. The predicted molar refractivity (Wildman–Crippen MR) is 59.7 cm³/mol. The molecule has 1 amide bonds. The molecule has 2 N–H and O–H groups in total. The van der Waals surface area contributed by atoms with Gasteiger partial charge in [0.25, 0.3) is 0 Å². The lowest BCUT2D eigenvalue weighted by Gasteiger charge is -2.34. The molecule has 1 aliphatic rings. The Kier molecular flexibility index (Phi) is 4.54. The van der Waals surface area contributed by atoms with Crippen LogP contribution >= 0.6 is 0 Å². The first-order chi connectivity index (χ1) is 7.02. The lowest BCUT2D eigenvalue weighted by molar-refractivity contribution is -0.123. The van der Waals surface area contributed by atoms with E-state index in [1.54, 1.807) is 7.05 Å². The van der Waals surface area contributed by atoms with E-state index in [0.29, 0.717) is 6.04 Å². The highest BCUT2D eigenvalue weighted by molar-refractivity contribution is 5.80. The summed E-state index contributed by atoms with van der Waals surface area (Å²) in [6.07, 6.45) is 2.52. The van der Waals surface area contributed by atoms with Crippen molar-refractivity contribution in [1.82, 2.24) is 10.6 Å². The number of carbonyl (C=O) groups is 1. The standard InChI is InChI=1S/C11H22N2O2/c1-7-5-10(6-8(2)15-7)13-9(3)11(14)12-4/h7-10,13H,5-6H2,1-4H3,(H,12,14)/t7?,8?,9-,10?/m1/s1. The molecule has 1 saturated heterocycles. The summed E-state index contributed by atoms with van der Waals surface area (Å²) in [7, 11) is 1.66. The van der Waals surface area contributed by atoms with Gasteiger partial charge in [0.05, 0.1) is 18.2 Å². The van der Waals surface area contributed by atoms with Crippen LogP contribution in [0.1, 0.15) is 33.6 Å². The summed E-state index contributed by atoms with van der Waals surface area (Å²) in [5.41, 5.74) is 0. The molecule has 0 saturated carbocycles. The average molecular weight is 214 g/mol. The molecule has 0 aromatic carbocycles. The second kappa shape index (κ2) is 5.47. The number of amides is 1. The van der Waals surface area contributed by atoms with Crippen molar-refractivity contribution in [1.29, 1.82) is 0 Å². The zero-order valence-electron chi connectivity index (χ0n) is 10.0. The number of carbonyl (C=O) groups excluding carboxylic acids is 1. The fraction of sp³-hybridized carbons (Fsp3) is 0.909. The Balaban J connectivity index is 2.40. The van der Waals surface area contributed by atoms with Crippen molar-refractivity contribution in [3.63, 3.8) is 0 Å². The monoisotopic (exact) mass is 214 g/mol. The number of likely N-dealkylation sites (N-methyl/N-ethyl adjacent to an activating group) is 1. The van der Waals surface area contributed by atoms with Crippen molar-refractivity contribution in [3.8, 4) is 0 Å². The van der Waals surface area contributed by atoms with Gasteiger partial charge in [0.15, 0.2) is 0 Å². The molecule has 15 heavy (non-hydrogen) atoms. The van der Waals surface area contributed by atoms with Crippen LogP contribution in [0.4, 0.5) is 0 Å². The molecule has 3 atom stereocenters. The molecule has 0 aliphatic carbocycles. The van der Waals surface area contributed by atoms with Crippen LogP contribution in [-0.2, 0) is 9.53 Å². The second-order valence-electron chi connectivity index (χ2n) is 4.43. The minimum absolute atomic E-state index is 0.0433. The van der Waals surface area contributed by atoms with Crippen molar-refractivity contribution in [2.75, 3.05) is 7.05 Å². The van der Waals surface area contributed by atoms with Gasteiger partial charge in [-0.3, -0.25) is 4.79 Å². The highest BCUT2D eigenvalue weighted by atomic mass is 16.5. The van der Waals surface area contributed by atoms with Crippen molar-refractivity contribution >= 4 is 5.91 Å². The highest BCUT2D eigenvalue weighted by Gasteiger charge is 2.26. The average Bonchev–Trinajstić information content (AvgIpc) is 2.14. The lowest BCUT2D eigenvalue weighted by atomic mass is 9.99. The van der Waals surface area contributed by atoms with Crippen LogP contribution in [0.3, 0.4) is 0 Å². The van der Waals surface area contributed by atoms with Crippen LogP contribution in [-0.4, -0.2) is 37.2 Å². The molecular formula is C11H22N2O2. The Morgan fingerprint density at radius 3 is 2.33 bits per heavy atom. The molecule has 0 bridgehead atoms. The van der Waals surface area contributed by atoms with Gasteiger partial charge in [0, 0.05) is 13.1 Å². The van der Waals surface area contributed by atoms with E-state index in [1.807, 2.05) is 6.92 Å². The summed E-state index contributed by atoms with van der Waals surface area (Å²) >= 11 is 0. The van der Waals surface area contributed by atoms with E-state index in [0.717, 1.165) is 12.8 Å². The SMILES string of the molecule is CNC(=O)[C@@H](C)NC1CC(C)OC(C)C1. The van der Waals surface area contributed by atoms with Crippen molar-refractivity contribution < 1.29 is 9.53 Å². The summed E-state index contributed by atoms with van der Waals surface area (Å²) in [5, 5.41) is 5.98. The molecule has 0 spiro atoms.